The lowest BCUT2D eigenvalue weighted by Gasteiger charge is -2.21. The van der Waals surface area contributed by atoms with Crippen LogP contribution in [-0.4, -0.2) is 11.1 Å². The van der Waals surface area contributed by atoms with Crippen LogP contribution >= 0.6 is 0 Å². The molecule has 0 saturated heterocycles. The van der Waals surface area contributed by atoms with E-state index in [0.717, 1.165) is 12.1 Å². The van der Waals surface area contributed by atoms with E-state index in [1.54, 1.807) is 0 Å². The van der Waals surface area contributed by atoms with E-state index in [2.05, 4.69) is 0 Å². The third-order valence-electron chi connectivity index (χ3n) is 2.25. The minimum Gasteiger partial charge on any atom is -0.478 e. The number of hydrogen-bond acceptors (Lipinski definition) is 2. The predicted octanol–water partition coefficient (Wildman–Crippen LogP) is 2.60. The van der Waals surface area contributed by atoms with E-state index in [4.69, 9.17) is 10.8 Å². The number of hydrogen-bond donors (Lipinski definition) is 2. The second-order valence-electron chi connectivity index (χ2n) is 4.32. The van der Waals surface area contributed by atoms with Crippen LogP contribution in [0.4, 0.5) is 13.2 Å². The lowest BCUT2D eigenvalue weighted by Crippen LogP contribution is -2.29. The van der Waals surface area contributed by atoms with Gasteiger partial charge in [0.05, 0.1) is 11.1 Å². The van der Waals surface area contributed by atoms with E-state index >= 15 is 0 Å². The fourth-order valence-electron chi connectivity index (χ4n) is 1.29. The monoisotopic (exact) mass is 247 g/mol. The zero-order valence-corrected chi connectivity index (χ0v) is 9.30. The number of benzene rings is 1. The van der Waals surface area contributed by atoms with Crippen LogP contribution in [0.15, 0.2) is 18.2 Å². The molecule has 0 bridgehead atoms. The molecule has 0 atom stereocenters. The zero-order valence-electron chi connectivity index (χ0n) is 9.30. The molecule has 0 aliphatic carbocycles. The molecular weight excluding hydrogens is 235 g/mol. The van der Waals surface area contributed by atoms with Crippen LogP contribution in [0.2, 0.25) is 0 Å². The summed E-state index contributed by atoms with van der Waals surface area (Å²) in [7, 11) is 0. The van der Waals surface area contributed by atoms with Crippen molar-refractivity contribution in [2.75, 3.05) is 0 Å². The average molecular weight is 247 g/mol. The fraction of sp³-hybridized carbons (Fsp3) is 0.364. The maximum atomic E-state index is 12.6. The van der Waals surface area contributed by atoms with Gasteiger partial charge in [-0.25, -0.2) is 4.79 Å². The van der Waals surface area contributed by atoms with Crippen molar-refractivity contribution in [3.63, 3.8) is 0 Å². The van der Waals surface area contributed by atoms with Crippen molar-refractivity contribution in [3.05, 3.63) is 34.9 Å². The molecule has 3 nitrogen and oxygen atoms in total. The summed E-state index contributed by atoms with van der Waals surface area (Å²) >= 11 is 0. The summed E-state index contributed by atoms with van der Waals surface area (Å²) < 4.78 is 37.7. The molecule has 0 fully saturated rings. The summed E-state index contributed by atoms with van der Waals surface area (Å²) in [6.45, 7) is 3.02. The van der Waals surface area contributed by atoms with Gasteiger partial charge < -0.3 is 10.8 Å². The predicted molar refractivity (Wildman–Crippen MR) is 55.6 cm³/mol. The van der Waals surface area contributed by atoms with Gasteiger partial charge in [-0.15, -0.1) is 0 Å². The van der Waals surface area contributed by atoms with Crippen LogP contribution in [0, 0.1) is 0 Å². The van der Waals surface area contributed by atoms with Crippen molar-refractivity contribution >= 4 is 5.97 Å². The number of carboxylic acid groups (broad SMARTS) is 1. The Morgan fingerprint density at radius 1 is 1.18 bits per heavy atom. The Morgan fingerprint density at radius 3 is 2.00 bits per heavy atom. The third-order valence-corrected chi connectivity index (χ3v) is 2.25. The van der Waals surface area contributed by atoms with E-state index in [0.29, 0.717) is 6.07 Å². The van der Waals surface area contributed by atoms with Gasteiger partial charge in [0.1, 0.15) is 0 Å². The summed E-state index contributed by atoms with van der Waals surface area (Å²) in [6.07, 6.45) is -4.59. The quantitative estimate of drug-likeness (QED) is 0.844. The van der Waals surface area contributed by atoms with Gasteiger partial charge in [0.15, 0.2) is 0 Å². The van der Waals surface area contributed by atoms with Crippen LogP contribution in [0.3, 0.4) is 0 Å². The maximum Gasteiger partial charge on any atom is 0.416 e. The molecule has 0 amide bonds. The number of nitrogens with two attached hydrogens (primary N) is 1. The lowest BCUT2D eigenvalue weighted by atomic mass is 9.92. The Morgan fingerprint density at radius 2 is 1.65 bits per heavy atom. The Labute approximate surface area is 96.0 Å². The molecule has 0 radical (unpaired) electrons. The highest BCUT2D eigenvalue weighted by Gasteiger charge is 2.33. The van der Waals surface area contributed by atoms with Crippen molar-refractivity contribution < 1.29 is 23.1 Å². The van der Waals surface area contributed by atoms with Crippen molar-refractivity contribution in [2.24, 2.45) is 5.73 Å². The third kappa shape index (κ3) is 3.20. The highest BCUT2D eigenvalue weighted by Crippen LogP contribution is 2.32. The molecular formula is C11H12F3NO2. The summed E-state index contributed by atoms with van der Waals surface area (Å²) in [5.41, 5.74) is 3.34. The second-order valence-corrected chi connectivity index (χ2v) is 4.32. The van der Waals surface area contributed by atoms with E-state index in [9.17, 15) is 18.0 Å². The molecule has 0 aliphatic heterocycles. The molecule has 0 unspecified atom stereocenters. The molecule has 17 heavy (non-hydrogen) atoms. The summed E-state index contributed by atoms with van der Waals surface area (Å²) in [4.78, 5) is 10.8. The van der Waals surface area contributed by atoms with Gasteiger partial charge in [-0.05, 0) is 37.6 Å². The first-order valence-electron chi connectivity index (χ1n) is 4.77. The van der Waals surface area contributed by atoms with Gasteiger partial charge in [0.2, 0.25) is 0 Å². The number of carboxylic acids is 1. The minimum atomic E-state index is -4.59. The molecule has 6 heteroatoms. The first-order chi connectivity index (χ1) is 7.51. The first kappa shape index (κ1) is 13.5. The Hall–Kier alpha value is -1.56. The van der Waals surface area contributed by atoms with E-state index in [1.807, 2.05) is 0 Å². The first-order valence-corrected chi connectivity index (χ1v) is 4.77. The highest BCUT2D eigenvalue weighted by atomic mass is 19.4. The summed E-state index contributed by atoms with van der Waals surface area (Å²) in [5.74, 6) is -1.42. The molecule has 3 N–H and O–H groups in total. The molecule has 0 saturated carbocycles. The summed E-state index contributed by atoms with van der Waals surface area (Å²) in [6, 6.07) is 2.61. The molecule has 0 aliphatic rings. The number of halogens is 3. The van der Waals surface area contributed by atoms with Gasteiger partial charge in [-0.3, -0.25) is 0 Å². The topological polar surface area (TPSA) is 63.3 Å². The fourth-order valence-corrected chi connectivity index (χ4v) is 1.29. The van der Waals surface area contributed by atoms with E-state index in [-0.39, 0.29) is 5.56 Å². The zero-order chi connectivity index (χ0) is 13.4. The molecule has 1 aromatic carbocycles. The highest BCUT2D eigenvalue weighted by molar-refractivity contribution is 5.88. The minimum absolute atomic E-state index is 0.129. The van der Waals surface area contributed by atoms with Gasteiger partial charge in [-0.1, -0.05) is 0 Å². The Kier molecular flexibility index (Phi) is 3.20. The molecule has 0 aromatic heterocycles. The van der Waals surface area contributed by atoms with Crippen LogP contribution in [0.25, 0.3) is 0 Å². The SMILES string of the molecule is CC(C)(N)c1cc(C(=O)O)cc(C(F)(F)F)c1. The molecule has 0 heterocycles. The Balaban J connectivity index is 3.45. The van der Waals surface area contributed by atoms with Gasteiger partial charge in [0, 0.05) is 5.54 Å². The number of carbonyl (C=O) groups is 1. The number of alkyl halides is 3. The average Bonchev–Trinajstić information content (AvgIpc) is 2.14. The largest absolute Gasteiger partial charge is 0.478 e. The second kappa shape index (κ2) is 4.03. The van der Waals surface area contributed by atoms with Gasteiger partial charge in [-0.2, -0.15) is 13.2 Å². The van der Waals surface area contributed by atoms with Crippen LogP contribution in [0.1, 0.15) is 35.3 Å². The number of rotatable bonds is 2. The van der Waals surface area contributed by atoms with Crippen molar-refractivity contribution in [1.82, 2.24) is 0 Å². The molecule has 94 valence electrons. The van der Waals surface area contributed by atoms with Crippen molar-refractivity contribution in [1.29, 1.82) is 0 Å². The van der Waals surface area contributed by atoms with Crippen LogP contribution in [0.5, 0.6) is 0 Å². The normalized spacial score (nSPS) is 12.6. The van der Waals surface area contributed by atoms with E-state index < -0.39 is 28.8 Å². The maximum absolute atomic E-state index is 12.6. The van der Waals surface area contributed by atoms with Crippen LogP contribution in [-0.2, 0) is 11.7 Å². The molecule has 0 spiro atoms. The smallest absolute Gasteiger partial charge is 0.416 e. The Bertz CT molecular complexity index is 415. The van der Waals surface area contributed by atoms with Crippen LogP contribution < -0.4 is 5.73 Å². The van der Waals surface area contributed by atoms with Gasteiger partial charge in [0.25, 0.3) is 0 Å². The molecule has 1 aromatic rings. The standard InChI is InChI=1S/C11H12F3NO2/c1-10(2,15)7-3-6(9(16)17)4-8(5-7)11(12,13)14/h3-5H,15H2,1-2H3,(H,16,17). The molecule has 1 rings (SSSR count). The van der Waals surface area contributed by atoms with E-state index in [1.165, 1.54) is 13.8 Å². The van der Waals surface area contributed by atoms with Crippen molar-refractivity contribution in [3.8, 4) is 0 Å². The lowest BCUT2D eigenvalue weighted by molar-refractivity contribution is -0.137. The summed E-state index contributed by atoms with van der Waals surface area (Å²) in [5, 5.41) is 8.76. The van der Waals surface area contributed by atoms with Crippen molar-refractivity contribution in [2.45, 2.75) is 25.6 Å². The van der Waals surface area contributed by atoms with Gasteiger partial charge >= 0.3 is 12.1 Å². The number of aromatic carboxylic acids is 1.